The number of carbonyl (C=O) groups excluding carboxylic acids is 1. The molecule has 0 saturated heterocycles. The van der Waals surface area contributed by atoms with Gasteiger partial charge in [-0.3, -0.25) is 14.0 Å². The van der Waals surface area contributed by atoms with Crippen LogP contribution in [0.15, 0.2) is 41.3 Å². The summed E-state index contributed by atoms with van der Waals surface area (Å²) in [5, 5.41) is 4.16. The van der Waals surface area contributed by atoms with E-state index in [4.69, 9.17) is 11.6 Å². The molecule has 1 amide bonds. The molecule has 1 aliphatic carbocycles. The molecule has 3 aromatic rings. The molecule has 140 valence electrons. The topological polar surface area (TPSA) is 63.5 Å². The molecule has 0 atom stereocenters. The summed E-state index contributed by atoms with van der Waals surface area (Å²) < 4.78 is 1.43. The summed E-state index contributed by atoms with van der Waals surface area (Å²) in [5.41, 5.74) is 1.32. The molecule has 0 aliphatic heterocycles. The van der Waals surface area contributed by atoms with Crippen molar-refractivity contribution in [3.8, 4) is 0 Å². The van der Waals surface area contributed by atoms with Gasteiger partial charge in [-0.1, -0.05) is 43.7 Å². The Labute approximate surface area is 162 Å². The van der Waals surface area contributed by atoms with E-state index >= 15 is 0 Å². The summed E-state index contributed by atoms with van der Waals surface area (Å²) in [6, 6.07) is 8.64. The first kappa shape index (κ1) is 18.0. The first-order valence-electron chi connectivity index (χ1n) is 9.54. The summed E-state index contributed by atoms with van der Waals surface area (Å²) >= 11 is 6.00. The van der Waals surface area contributed by atoms with Gasteiger partial charge < -0.3 is 5.32 Å². The molecular weight excluding hydrogens is 362 g/mol. The fourth-order valence-electron chi connectivity index (χ4n) is 3.78. The Bertz CT molecular complexity index is 1050. The van der Waals surface area contributed by atoms with Gasteiger partial charge in [0, 0.05) is 17.3 Å². The number of hydrogen-bond acceptors (Lipinski definition) is 3. The molecule has 1 saturated carbocycles. The van der Waals surface area contributed by atoms with Crippen molar-refractivity contribution in [3.05, 3.63) is 57.5 Å². The van der Waals surface area contributed by atoms with Crippen LogP contribution in [-0.4, -0.2) is 21.3 Å². The zero-order chi connectivity index (χ0) is 18.8. The summed E-state index contributed by atoms with van der Waals surface area (Å²) in [5.74, 6) is -0.134. The van der Waals surface area contributed by atoms with E-state index in [2.05, 4.69) is 10.3 Å². The number of nitrogens with zero attached hydrogens (tertiary/aromatic N) is 2. The first-order valence-corrected chi connectivity index (χ1v) is 9.92. The summed E-state index contributed by atoms with van der Waals surface area (Å²) in [7, 11) is 0. The van der Waals surface area contributed by atoms with E-state index in [1.54, 1.807) is 36.5 Å². The molecule has 1 aromatic carbocycles. The highest BCUT2D eigenvalue weighted by molar-refractivity contribution is 6.31. The minimum Gasteiger partial charge on any atom is -0.349 e. The molecule has 0 bridgehead atoms. The van der Waals surface area contributed by atoms with E-state index in [1.807, 2.05) is 0 Å². The van der Waals surface area contributed by atoms with Crippen LogP contribution in [0.25, 0.3) is 16.6 Å². The van der Waals surface area contributed by atoms with Crippen molar-refractivity contribution in [1.29, 1.82) is 0 Å². The van der Waals surface area contributed by atoms with Crippen LogP contribution in [0.1, 0.15) is 55.3 Å². The van der Waals surface area contributed by atoms with Crippen LogP contribution in [-0.2, 0) is 0 Å². The van der Waals surface area contributed by atoms with Crippen LogP contribution in [0.4, 0.5) is 0 Å². The number of hydrogen-bond donors (Lipinski definition) is 1. The first-order chi connectivity index (χ1) is 13.1. The van der Waals surface area contributed by atoms with Crippen molar-refractivity contribution in [3.63, 3.8) is 0 Å². The van der Waals surface area contributed by atoms with Gasteiger partial charge in [-0.05, 0) is 43.2 Å². The standard InChI is InChI=1S/C21H22ClN3O2/c22-15-9-10-17-18(12-15)24-19-11-8-14(13-25(19)21(17)27)20(26)23-16-6-4-2-1-3-5-7-16/h8-13,16H,1-7H2,(H,23,26). The third-order valence-corrected chi connectivity index (χ3v) is 5.51. The SMILES string of the molecule is O=C(NC1CCCCCCC1)c1ccc2nc3cc(Cl)ccc3c(=O)n2c1. The Morgan fingerprint density at radius 3 is 2.59 bits per heavy atom. The van der Waals surface area contributed by atoms with E-state index in [9.17, 15) is 9.59 Å². The Balaban J connectivity index is 1.65. The molecule has 6 heteroatoms. The van der Waals surface area contributed by atoms with Crippen LogP contribution in [0.3, 0.4) is 0 Å². The van der Waals surface area contributed by atoms with Crippen molar-refractivity contribution in [1.82, 2.24) is 14.7 Å². The fraction of sp³-hybridized carbons (Fsp3) is 0.381. The molecular formula is C21H22ClN3O2. The van der Waals surface area contributed by atoms with Crippen LogP contribution < -0.4 is 10.9 Å². The van der Waals surface area contributed by atoms with Gasteiger partial charge in [-0.15, -0.1) is 0 Å². The maximum atomic E-state index is 12.8. The van der Waals surface area contributed by atoms with Crippen molar-refractivity contribution in [2.24, 2.45) is 0 Å². The minimum absolute atomic E-state index is 0.134. The summed E-state index contributed by atoms with van der Waals surface area (Å²) in [6.45, 7) is 0. The number of rotatable bonds is 2. The second-order valence-electron chi connectivity index (χ2n) is 7.24. The highest BCUT2D eigenvalue weighted by Crippen LogP contribution is 2.18. The quantitative estimate of drug-likeness (QED) is 0.669. The molecule has 1 fully saturated rings. The zero-order valence-electron chi connectivity index (χ0n) is 15.1. The average molecular weight is 384 g/mol. The Morgan fingerprint density at radius 2 is 1.81 bits per heavy atom. The van der Waals surface area contributed by atoms with E-state index in [1.165, 1.54) is 23.7 Å². The maximum absolute atomic E-state index is 12.8. The van der Waals surface area contributed by atoms with E-state index in [0.29, 0.717) is 27.1 Å². The number of carbonyl (C=O) groups is 1. The molecule has 5 nitrogen and oxygen atoms in total. The molecule has 0 radical (unpaired) electrons. The number of amides is 1. The van der Waals surface area contributed by atoms with Gasteiger partial charge in [0.1, 0.15) is 5.65 Å². The van der Waals surface area contributed by atoms with Crippen molar-refractivity contribution >= 4 is 34.1 Å². The second-order valence-corrected chi connectivity index (χ2v) is 7.68. The number of benzene rings is 1. The van der Waals surface area contributed by atoms with Gasteiger partial charge in [-0.2, -0.15) is 0 Å². The Hall–Kier alpha value is -2.40. The van der Waals surface area contributed by atoms with Gasteiger partial charge in [0.2, 0.25) is 0 Å². The Morgan fingerprint density at radius 1 is 1.07 bits per heavy atom. The molecule has 27 heavy (non-hydrogen) atoms. The summed E-state index contributed by atoms with van der Waals surface area (Å²) in [6.07, 6.45) is 9.69. The molecule has 2 aromatic heterocycles. The lowest BCUT2D eigenvalue weighted by atomic mass is 9.96. The number of aromatic nitrogens is 2. The predicted molar refractivity (Wildman–Crippen MR) is 108 cm³/mol. The largest absolute Gasteiger partial charge is 0.349 e. The third kappa shape index (κ3) is 3.83. The van der Waals surface area contributed by atoms with Gasteiger partial charge in [0.25, 0.3) is 11.5 Å². The lowest BCUT2D eigenvalue weighted by Gasteiger charge is -2.21. The lowest BCUT2D eigenvalue weighted by molar-refractivity contribution is 0.0930. The highest BCUT2D eigenvalue weighted by Gasteiger charge is 2.16. The number of pyridine rings is 1. The Kier molecular flexibility index (Phi) is 5.12. The van der Waals surface area contributed by atoms with Gasteiger partial charge in [-0.25, -0.2) is 4.98 Å². The smallest absolute Gasteiger partial charge is 0.265 e. The van der Waals surface area contributed by atoms with Crippen molar-refractivity contribution in [2.75, 3.05) is 0 Å². The van der Waals surface area contributed by atoms with Crippen LogP contribution in [0.5, 0.6) is 0 Å². The zero-order valence-corrected chi connectivity index (χ0v) is 15.8. The minimum atomic E-state index is -0.202. The number of halogens is 1. The van der Waals surface area contributed by atoms with Crippen molar-refractivity contribution in [2.45, 2.75) is 51.0 Å². The van der Waals surface area contributed by atoms with Gasteiger partial charge >= 0.3 is 0 Å². The van der Waals surface area contributed by atoms with Crippen LogP contribution >= 0.6 is 11.6 Å². The summed E-state index contributed by atoms with van der Waals surface area (Å²) in [4.78, 5) is 30.0. The van der Waals surface area contributed by atoms with Crippen molar-refractivity contribution < 1.29 is 4.79 Å². The normalized spacial score (nSPS) is 16.2. The van der Waals surface area contributed by atoms with Crippen LogP contribution in [0.2, 0.25) is 5.02 Å². The number of fused-ring (bicyclic) bond motifs is 2. The monoisotopic (exact) mass is 383 g/mol. The average Bonchev–Trinajstić information content (AvgIpc) is 2.63. The predicted octanol–water partition coefficient (Wildman–Crippen LogP) is 4.34. The van der Waals surface area contributed by atoms with E-state index in [0.717, 1.165) is 25.7 Å². The van der Waals surface area contributed by atoms with Crippen LogP contribution in [0, 0.1) is 0 Å². The van der Waals surface area contributed by atoms with E-state index < -0.39 is 0 Å². The van der Waals surface area contributed by atoms with Gasteiger partial charge in [0.15, 0.2) is 0 Å². The van der Waals surface area contributed by atoms with Gasteiger partial charge in [0.05, 0.1) is 16.5 Å². The molecule has 1 aliphatic rings. The third-order valence-electron chi connectivity index (χ3n) is 5.27. The molecule has 1 N–H and O–H groups in total. The lowest BCUT2D eigenvalue weighted by Crippen LogP contribution is -2.35. The second kappa shape index (κ2) is 7.69. The molecule has 2 heterocycles. The highest BCUT2D eigenvalue weighted by atomic mass is 35.5. The number of nitrogens with one attached hydrogen (secondary N) is 1. The maximum Gasteiger partial charge on any atom is 0.265 e. The van der Waals surface area contributed by atoms with E-state index in [-0.39, 0.29) is 17.5 Å². The molecule has 0 spiro atoms. The fourth-order valence-corrected chi connectivity index (χ4v) is 3.95. The molecule has 4 rings (SSSR count). The molecule has 0 unspecified atom stereocenters.